The van der Waals surface area contributed by atoms with E-state index in [1.807, 2.05) is 24.3 Å². The van der Waals surface area contributed by atoms with Crippen LogP contribution in [-0.4, -0.2) is 47.5 Å². The number of rotatable bonds is 6. The molecule has 0 aliphatic carbocycles. The second-order valence-electron chi connectivity index (χ2n) is 7.01. The molecule has 0 radical (unpaired) electrons. The van der Waals surface area contributed by atoms with Crippen LogP contribution in [0.15, 0.2) is 66.1 Å². The summed E-state index contributed by atoms with van der Waals surface area (Å²) >= 11 is 7.98. The Morgan fingerprint density at radius 2 is 1.64 bits per heavy atom. The van der Waals surface area contributed by atoms with Gasteiger partial charge in [0.2, 0.25) is 0 Å². The van der Waals surface area contributed by atoms with Gasteiger partial charge < -0.3 is 0 Å². The highest BCUT2D eigenvalue weighted by atomic mass is 35.5. The molecule has 2 aromatic carbocycles. The SMILES string of the molecule is Clc1ccccc1-c1nc(CN2CCN(C/C=C/c3ccccc3)CC2)cs1. The van der Waals surface area contributed by atoms with Gasteiger partial charge >= 0.3 is 0 Å². The fourth-order valence-corrected chi connectivity index (χ4v) is 4.53. The fourth-order valence-electron chi connectivity index (χ4n) is 3.40. The molecule has 0 bridgehead atoms. The third-order valence-electron chi connectivity index (χ3n) is 4.98. The van der Waals surface area contributed by atoms with E-state index < -0.39 is 0 Å². The minimum absolute atomic E-state index is 0.764. The van der Waals surface area contributed by atoms with Gasteiger partial charge in [0, 0.05) is 50.2 Å². The van der Waals surface area contributed by atoms with Crippen molar-refractivity contribution in [3.05, 3.63) is 82.3 Å². The molecule has 0 spiro atoms. The molecule has 0 atom stereocenters. The number of hydrogen-bond donors (Lipinski definition) is 0. The van der Waals surface area contributed by atoms with Crippen LogP contribution in [0.5, 0.6) is 0 Å². The quantitative estimate of drug-likeness (QED) is 0.551. The molecule has 0 saturated carbocycles. The van der Waals surface area contributed by atoms with Crippen LogP contribution in [0.2, 0.25) is 5.02 Å². The van der Waals surface area contributed by atoms with Gasteiger partial charge in [0.05, 0.1) is 10.7 Å². The van der Waals surface area contributed by atoms with Crippen molar-refractivity contribution < 1.29 is 0 Å². The summed E-state index contributed by atoms with van der Waals surface area (Å²) in [5.74, 6) is 0. The summed E-state index contributed by atoms with van der Waals surface area (Å²) in [7, 11) is 0. The summed E-state index contributed by atoms with van der Waals surface area (Å²) < 4.78 is 0. The molecule has 144 valence electrons. The lowest BCUT2D eigenvalue weighted by Crippen LogP contribution is -2.45. The molecule has 1 fully saturated rings. The smallest absolute Gasteiger partial charge is 0.125 e. The van der Waals surface area contributed by atoms with E-state index in [0.717, 1.165) is 60.6 Å². The van der Waals surface area contributed by atoms with Gasteiger partial charge in [-0.3, -0.25) is 9.80 Å². The molecule has 1 aromatic heterocycles. The predicted octanol–water partition coefficient (Wildman–Crippen LogP) is 5.29. The zero-order valence-electron chi connectivity index (χ0n) is 15.8. The van der Waals surface area contributed by atoms with Crippen molar-refractivity contribution in [2.75, 3.05) is 32.7 Å². The van der Waals surface area contributed by atoms with Gasteiger partial charge in [0.15, 0.2) is 0 Å². The van der Waals surface area contributed by atoms with Crippen LogP contribution in [0.25, 0.3) is 16.6 Å². The van der Waals surface area contributed by atoms with Crippen molar-refractivity contribution in [2.45, 2.75) is 6.54 Å². The van der Waals surface area contributed by atoms with Crippen LogP contribution in [0.4, 0.5) is 0 Å². The molecule has 4 rings (SSSR count). The van der Waals surface area contributed by atoms with Crippen molar-refractivity contribution in [3.8, 4) is 10.6 Å². The molecular formula is C23H24ClN3S. The Morgan fingerprint density at radius 1 is 0.929 bits per heavy atom. The van der Waals surface area contributed by atoms with E-state index in [1.165, 1.54) is 5.56 Å². The highest BCUT2D eigenvalue weighted by Crippen LogP contribution is 2.30. The molecular weight excluding hydrogens is 386 g/mol. The number of hydrogen-bond acceptors (Lipinski definition) is 4. The summed E-state index contributed by atoms with van der Waals surface area (Å²) in [6.45, 7) is 6.28. The lowest BCUT2D eigenvalue weighted by atomic mass is 10.2. The van der Waals surface area contributed by atoms with Crippen LogP contribution in [0, 0.1) is 0 Å². The van der Waals surface area contributed by atoms with Gasteiger partial charge in [-0.15, -0.1) is 11.3 Å². The topological polar surface area (TPSA) is 19.4 Å². The van der Waals surface area contributed by atoms with E-state index in [2.05, 4.69) is 57.7 Å². The molecule has 1 saturated heterocycles. The number of thiazole rings is 1. The standard InChI is InChI=1S/C23H24ClN3S/c24-22-11-5-4-10-21(22)23-25-20(18-28-23)17-27-15-13-26(14-16-27)12-6-9-19-7-2-1-3-8-19/h1-11,18H,12-17H2/b9-6+. The van der Waals surface area contributed by atoms with Crippen molar-refractivity contribution in [1.82, 2.24) is 14.8 Å². The number of benzene rings is 2. The van der Waals surface area contributed by atoms with Crippen LogP contribution >= 0.6 is 22.9 Å². The normalized spacial score (nSPS) is 16.0. The van der Waals surface area contributed by atoms with Crippen molar-refractivity contribution in [3.63, 3.8) is 0 Å². The third kappa shape index (κ3) is 5.09. The summed E-state index contributed by atoms with van der Waals surface area (Å²) in [5, 5.41) is 3.93. The first-order valence-electron chi connectivity index (χ1n) is 9.63. The summed E-state index contributed by atoms with van der Waals surface area (Å²) in [6, 6.07) is 18.4. The summed E-state index contributed by atoms with van der Waals surface area (Å²) in [4.78, 5) is 9.80. The highest BCUT2D eigenvalue weighted by Gasteiger charge is 2.17. The first-order valence-corrected chi connectivity index (χ1v) is 10.9. The molecule has 1 aliphatic heterocycles. The van der Waals surface area contributed by atoms with Crippen LogP contribution in [0.3, 0.4) is 0 Å². The van der Waals surface area contributed by atoms with Crippen molar-refractivity contribution >= 4 is 29.0 Å². The lowest BCUT2D eigenvalue weighted by molar-refractivity contribution is 0.136. The zero-order valence-corrected chi connectivity index (χ0v) is 17.4. The maximum absolute atomic E-state index is 6.30. The molecule has 5 heteroatoms. The van der Waals surface area contributed by atoms with E-state index in [4.69, 9.17) is 16.6 Å². The fraction of sp³-hybridized carbons (Fsp3) is 0.261. The molecule has 28 heavy (non-hydrogen) atoms. The van der Waals surface area contributed by atoms with Crippen molar-refractivity contribution in [2.24, 2.45) is 0 Å². The largest absolute Gasteiger partial charge is 0.297 e. The van der Waals surface area contributed by atoms with E-state index in [1.54, 1.807) is 11.3 Å². The Bertz CT molecular complexity index is 914. The second-order valence-corrected chi connectivity index (χ2v) is 8.28. The highest BCUT2D eigenvalue weighted by molar-refractivity contribution is 7.13. The van der Waals surface area contributed by atoms with E-state index in [9.17, 15) is 0 Å². The van der Waals surface area contributed by atoms with Crippen LogP contribution in [-0.2, 0) is 6.54 Å². The predicted molar refractivity (Wildman–Crippen MR) is 120 cm³/mol. The first kappa shape index (κ1) is 19.3. The Balaban J connectivity index is 1.26. The van der Waals surface area contributed by atoms with Gasteiger partial charge in [0.25, 0.3) is 0 Å². The molecule has 0 N–H and O–H groups in total. The lowest BCUT2D eigenvalue weighted by Gasteiger charge is -2.33. The number of aromatic nitrogens is 1. The van der Waals surface area contributed by atoms with Crippen molar-refractivity contribution in [1.29, 1.82) is 0 Å². The maximum atomic E-state index is 6.30. The molecule has 2 heterocycles. The van der Waals surface area contributed by atoms with Gasteiger partial charge in [0.1, 0.15) is 5.01 Å². The minimum Gasteiger partial charge on any atom is -0.297 e. The summed E-state index contributed by atoms with van der Waals surface area (Å²) in [6.07, 6.45) is 4.47. The number of piperazine rings is 1. The number of halogens is 1. The number of nitrogens with zero attached hydrogens (tertiary/aromatic N) is 3. The molecule has 3 nitrogen and oxygen atoms in total. The third-order valence-corrected chi connectivity index (χ3v) is 6.23. The van der Waals surface area contributed by atoms with E-state index in [-0.39, 0.29) is 0 Å². The van der Waals surface area contributed by atoms with Crippen LogP contribution in [0.1, 0.15) is 11.3 Å². The van der Waals surface area contributed by atoms with Gasteiger partial charge in [-0.05, 0) is 11.6 Å². The maximum Gasteiger partial charge on any atom is 0.125 e. The molecule has 0 amide bonds. The Kier molecular flexibility index (Phi) is 6.55. The second kappa shape index (κ2) is 9.48. The Labute approximate surface area is 175 Å². The Morgan fingerprint density at radius 3 is 2.43 bits per heavy atom. The van der Waals surface area contributed by atoms with Gasteiger partial charge in [-0.2, -0.15) is 0 Å². The Hall–Kier alpha value is -1.98. The zero-order chi connectivity index (χ0) is 19.2. The van der Waals surface area contributed by atoms with E-state index >= 15 is 0 Å². The minimum atomic E-state index is 0.764. The first-order chi connectivity index (χ1) is 13.8. The summed E-state index contributed by atoms with van der Waals surface area (Å²) in [5.41, 5.74) is 3.42. The van der Waals surface area contributed by atoms with E-state index in [0.29, 0.717) is 0 Å². The molecule has 0 unspecified atom stereocenters. The average molecular weight is 410 g/mol. The van der Waals surface area contributed by atoms with Gasteiger partial charge in [-0.25, -0.2) is 4.98 Å². The molecule has 3 aromatic rings. The monoisotopic (exact) mass is 409 g/mol. The molecule has 1 aliphatic rings. The van der Waals surface area contributed by atoms with Gasteiger partial charge in [-0.1, -0.05) is 72.3 Å². The van der Waals surface area contributed by atoms with Crippen LogP contribution < -0.4 is 0 Å². The average Bonchev–Trinajstić information content (AvgIpc) is 3.19.